The van der Waals surface area contributed by atoms with Crippen LogP contribution in [0.5, 0.6) is 0 Å². The molecule has 5 rings (SSSR count). The minimum Gasteiger partial charge on any atom is -0.372 e. The summed E-state index contributed by atoms with van der Waals surface area (Å²) in [5, 5.41) is 9.11. The van der Waals surface area contributed by atoms with Gasteiger partial charge in [-0.05, 0) is 60.2 Å². The number of nitriles is 1. The average molecular weight is 523 g/mol. The van der Waals surface area contributed by atoms with Crippen LogP contribution in [0.25, 0.3) is 0 Å². The molecule has 0 bridgehead atoms. The van der Waals surface area contributed by atoms with Gasteiger partial charge in [0.15, 0.2) is 0 Å². The third-order valence-electron chi connectivity index (χ3n) is 7.87. The van der Waals surface area contributed by atoms with E-state index in [0.717, 1.165) is 57.8 Å². The molecule has 0 radical (unpaired) electrons. The van der Waals surface area contributed by atoms with Crippen LogP contribution in [0.2, 0.25) is 0 Å². The minimum atomic E-state index is -0.0801. The van der Waals surface area contributed by atoms with E-state index in [4.69, 9.17) is 10.00 Å². The molecule has 0 aromatic heterocycles. The largest absolute Gasteiger partial charge is 0.372 e. The fourth-order valence-corrected chi connectivity index (χ4v) is 5.49. The predicted octanol–water partition coefficient (Wildman–Crippen LogP) is 5.19. The maximum Gasteiger partial charge on any atom is 0.222 e. The number of nitrogens with zero attached hydrogens (tertiary/aromatic N) is 4. The zero-order valence-corrected chi connectivity index (χ0v) is 22.7. The number of anilines is 1. The van der Waals surface area contributed by atoms with Gasteiger partial charge in [-0.25, -0.2) is 0 Å². The molecule has 2 fully saturated rings. The van der Waals surface area contributed by atoms with Crippen LogP contribution in [-0.2, 0) is 22.6 Å². The number of hydrogen-bond donors (Lipinski definition) is 0. The number of carbonyl (C=O) groups excluding carboxylic acids is 1. The van der Waals surface area contributed by atoms with E-state index in [9.17, 15) is 4.79 Å². The molecule has 0 unspecified atom stereocenters. The van der Waals surface area contributed by atoms with Gasteiger partial charge in [-0.1, -0.05) is 54.6 Å². The van der Waals surface area contributed by atoms with Gasteiger partial charge in [-0.3, -0.25) is 9.69 Å². The first-order valence-corrected chi connectivity index (χ1v) is 14.2. The van der Waals surface area contributed by atoms with Crippen molar-refractivity contribution in [3.05, 3.63) is 101 Å². The summed E-state index contributed by atoms with van der Waals surface area (Å²) in [4.78, 5) is 19.7. The fraction of sp³-hybridized carbons (Fsp3) is 0.394. The molecule has 0 spiro atoms. The van der Waals surface area contributed by atoms with Crippen molar-refractivity contribution in [2.75, 3.05) is 50.7 Å². The smallest absolute Gasteiger partial charge is 0.222 e. The molecular weight excluding hydrogens is 484 g/mol. The fourth-order valence-electron chi connectivity index (χ4n) is 5.49. The van der Waals surface area contributed by atoms with Crippen molar-refractivity contribution in [2.24, 2.45) is 0 Å². The van der Waals surface area contributed by atoms with Crippen molar-refractivity contribution in [3.8, 4) is 6.07 Å². The van der Waals surface area contributed by atoms with Crippen LogP contribution in [0.3, 0.4) is 0 Å². The molecule has 2 heterocycles. The Hall–Kier alpha value is -3.66. The third kappa shape index (κ3) is 7.47. The maximum absolute atomic E-state index is 12.8. The van der Waals surface area contributed by atoms with Crippen molar-refractivity contribution >= 4 is 11.6 Å². The highest BCUT2D eigenvalue weighted by atomic mass is 16.5. The summed E-state index contributed by atoms with van der Waals surface area (Å²) >= 11 is 0. The second kappa shape index (κ2) is 13.4. The van der Waals surface area contributed by atoms with Crippen molar-refractivity contribution in [3.63, 3.8) is 0 Å². The van der Waals surface area contributed by atoms with Crippen LogP contribution in [0.15, 0.2) is 78.9 Å². The number of aryl methyl sites for hydroxylation is 1. The monoisotopic (exact) mass is 522 g/mol. The van der Waals surface area contributed by atoms with Gasteiger partial charge < -0.3 is 14.5 Å². The first-order valence-electron chi connectivity index (χ1n) is 14.2. The summed E-state index contributed by atoms with van der Waals surface area (Å²) in [6.07, 6.45) is 3.76. The highest BCUT2D eigenvalue weighted by Gasteiger charge is 2.25. The molecule has 1 atom stereocenters. The number of rotatable bonds is 10. The standard InChI is InChI=1S/C33H38N4O2/c34-24-28-11-13-29(14-12-28)26-39-32(30-9-6-10-31(23-30)36-17-4-5-18-36)25-35-19-21-37(22-20-35)33(38)16-15-27-7-2-1-3-8-27/h1-3,6-14,23,32H,4-5,15-22,25-26H2/t32-/m0/s1. The molecule has 0 N–H and O–H groups in total. The molecule has 6 nitrogen and oxygen atoms in total. The first kappa shape index (κ1) is 26.9. The third-order valence-corrected chi connectivity index (χ3v) is 7.87. The van der Waals surface area contributed by atoms with Crippen molar-refractivity contribution < 1.29 is 9.53 Å². The van der Waals surface area contributed by atoms with Gasteiger partial charge >= 0.3 is 0 Å². The van der Waals surface area contributed by atoms with E-state index < -0.39 is 0 Å². The van der Waals surface area contributed by atoms with E-state index in [1.165, 1.54) is 29.7 Å². The Bertz CT molecular complexity index is 1240. The summed E-state index contributed by atoms with van der Waals surface area (Å²) in [6.45, 7) is 6.70. The summed E-state index contributed by atoms with van der Waals surface area (Å²) in [5.74, 6) is 0.241. The van der Waals surface area contributed by atoms with E-state index in [2.05, 4.69) is 52.3 Å². The Balaban J connectivity index is 1.21. The van der Waals surface area contributed by atoms with E-state index >= 15 is 0 Å². The van der Waals surface area contributed by atoms with Gasteiger partial charge in [0.25, 0.3) is 0 Å². The molecule has 39 heavy (non-hydrogen) atoms. The summed E-state index contributed by atoms with van der Waals surface area (Å²) in [6, 6.07) is 28.8. The molecule has 0 aliphatic carbocycles. The van der Waals surface area contributed by atoms with E-state index in [-0.39, 0.29) is 12.0 Å². The summed E-state index contributed by atoms with van der Waals surface area (Å²) in [7, 11) is 0. The normalized spacial score (nSPS) is 16.7. The number of piperazine rings is 1. The number of ether oxygens (including phenoxy) is 1. The van der Waals surface area contributed by atoms with Crippen LogP contribution in [-0.4, -0.2) is 61.5 Å². The topological polar surface area (TPSA) is 59.8 Å². The highest BCUT2D eigenvalue weighted by Crippen LogP contribution is 2.27. The second-order valence-electron chi connectivity index (χ2n) is 10.6. The van der Waals surface area contributed by atoms with Crippen LogP contribution in [0.4, 0.5) is 5.69 Å². The van der Waals surface area contributed by atoms with Gasteiger partial charge in [-0.15, -0.1) is 0 Å². The zero-order chi connectivity index (χ0) is 26.9. The van der Waals surface area contributed by atoms with Crippen LogP contribution < -0.4 is 4.90 Å². The highest BCUT2D eigenvalue weighted by molar-refractivity contribution is 5.76. The van der Waals surface area contributed by atoms with Crippen molar-refractivity contribution in [1.29, 1.82) is 5.26 Å². The molecule has 3 aromatic rings. The second-order valence-corrected chi connectivity index (χ2v) is 10.6. The van der Waals surface area contributed by atoms with Gasteiger partial charge in [0.1, 0.15) is 0 Å². The van der Waals surface area contributed by atoms with Crippen LogP contribution >= 0.6 is 0 Å². The molecule has 2 aliphatic rings. The molecular formula is C33H38N4O2. The Morgan fingerprint density at radius 3 is 2.31 bits per heavy atom. The van der Waals surface area contributed by atoms with Gasteiger partial charge in [0.2, 0.25) is 5.91 Å². The van der Waals surface area contributed by atoms with Gasteiger partial charge in [-0.2, -0.15) is 5.26 Å². The van der Waals surface area contributed by atoms with E-state index in [1.54, 1.807) is 0 Å². The molecule has 3 aromatic carbocycles. The summed E-state index contributed by atoms with van der Waals surface area (Å²) in [5.41, 5.74) is 5.39. The molecule has 202 valence electrons. The lowest BCUT2D eigenvalue weighted by molar-refractivity contribution is -0.133. The minimum absolute atomic E-state index is 0.0801. The quantitative estimate of drug-likeness (QED) is 0.367. The molecule has 6 heteroatoms. The number of amides is 1. The molecule has 2 aliphatic heterocycles. The van der Waals surface area contributed by atoms with Gasteiger partial charge in [0, 0.05) is 57.9 Å². The van der Waals surface area contributed by atoms with Crippen molar-refractivity contribution in [2.45, 2.75) is 38.4 Å². The van der Waals surface area contributed by atoms with Gasteiger partial charge in [0.05, 0.1) is 24.3 Å². The number of hydrogen-bond acceptors (Lipinski definition) is 5. The van der Waals surface area contributed by atoms with E-state index in [0.29, 0.717) is 18.6 Å². The van der Waals surface area contributed by atoms with Crippen LogP contribution in [0.1, 0.15) is 47.6 Å². The summed E-state index contributed by atoms with van der Waals surface area (Å²) < 4.78 is 6.55. The Morgan fingerprint density at radius 1 is 0.846 bits per heavy atom. The zero-order valence-electron chi connectivity index (χ0n) is 22.7. The maximum atomic E-state index is 12.8. The molecule has 2 saturated heterocycles. The lowest BCUT2D eigenvalue weighted by Crippen LogP contribution is -2.49. The van der Waals surface area contributed by atoms with Crippen molar-refractivity contribution in [1.82, 2.24) is 9.80 Å². The Labute approximate surface area is 232 Å². The van der Waals surface area contributed by atoms with E-state index in [1.807, 2.05) is 47.4 Å². The van der Waals surface area contributed by atoms with Crippen LogP contribution in [0, 0.1) is 11.3 Å². The molecule has 0 saturated carbocycles. The average Bonchev–Trinajstić information content (AvgIpc) is 3.55. The Morgan fingerprint density at radius 2 is 1.59 bits per heavy atom. The lowest BCUT2D eigenvalue weighted by Gasteiger charge is -2.36. The first-order chi connectivity index (χ1) is 19.2. The predicted molar refractivity (Wildman–Crippen MR) is 154 cm³/mol. The number of carbonyl (C=O) groups is 1. The molecule has 1 amide bonds. The number of benzene rings is 3. The SMILES string of the molecule is N#Cc1ccc(CO[C@@H](CN2CCN(C(=O)CCc3ccccc3)CC2)c2cccc(N3CCCC3)c2)cc1. The lowest BCUT2D eigenvalue weighted by atomic mass is 10.1. The Kier molecular flexibility index (Phi) is 9.26.